The third-order valence-electron chi connectivity index (χ3n) is 2.26. The minimum absolute atomic E-state index is 0.390. The standard InChI is InChI=1S/C13H20N2O/c1-6-16-8-13-14-11(9(2)3)7-12(15-13)10(4)5/h7,10H,2,6,8H2,1,3-5H3. The van der Waals surface area contributed by atoms with Crippen molar-refractivity contribution in [1.82, 2.24) is 9.97 Å². The van der Waals surface area contributed by atoms with E-state index >= 15 is 0 Å². The molecule has 1 rings (SSSR count). The Balaban J connectivity index is 3.03. The molecule has 0 aromatic carbocycles. The normalized spacial score (nSPS) is 10.8. The summed E-state index contributed by atoms with van der Waals surface area (Å²) in [5.41, 5.74) is 2.91. The van der Waals surface area contributed by atoms with Crippen LogP contribution in [0.1, 0.15) is 50.8 Å². The Kier molecular flexibility index (Phi) is 4.62. The highest BCUT2D eigenvalue weighted by atomic mass is 16.5. The van der Waals surface area contributed by atoms with Crippen molar-refractivity contribution in [2.24, 2.45) is 0 Å². The summed E-state index contributed by atoms with van der Waals surface area (Å²) in [6.45, 7) is 13.2. The van der Waals surface area contributed by atoms with E-state index in [2.05, 4.69) is 30.4 Å². The number of allylic oxidation sites excluding steroid dienone is 1. The lowest BCUT2D eigenvalue weighted by Gasteiger charge is -2.10. The van der Waals surface area contributed by atoms with Gasteiger partial charge in [-0.1, -0.05) is 20.4 Å². The summed E-state index contributed by atoms with van der Waals surface area (Å²) in [6.07, 6.45) is 0. The predicted octanol–water partition coefficient (Wildman–Crippen LogP) is 3.17. The molecule has 0 amide bonds. The van der Waals surface area contributed by atoms with Crippen LogP contribution in [-0.4, -0.2) is 16.6 Å². The lowest BCUT2D eigenvalue weighted by Crippen LogP contribution is -2.05. The van der Waals surface area contributed by atoms with Crippen LogP contribution < -0.4 is 0 Å². The van der Waals surface area contributed by atoms with Crippen molar-refractivity contribution in [3.8, 4) is 0 Å². The second-order valence-corrected chi connectivity index (χ2v) is 4.17. The molecule has 0 atom stereocenters. The number of rotatable bonds is 5. The van der Waals surface area contributed by atoms with Crippen molar-refractivity contribution in [3.63, 3.8) is 0 Å². The van der Waals surface area contributed by atoms with Crippen molar-refractivity contribution >= 4 is 5.57 Å². The van der Waals surface area contributed by atoms with Gasteiger partial charge < -0.3 is 4.74 Å². The molecule has 0 radical (unpaired) electrons. The van der Waals surface area contributed by atoms with Crippen LogP contribution in [0.2, 0.25) is 0 Å². The Morgan fingerprint density at radius 2 is 2.12 bits per heavy atom. The van der Waals surface area contributed by atoms with Crippen molar-refractivity contribution in [3.05, 3.63) is 29.9 Å². The summed E-state index contributed by atoms with van der Waals surface area (Å²) in [5.74, 6) is 1.13. The van der Waals surface area contributed by atoms with Gasteiger partial charge in [0, 0.05) is 12.3 Å². The van der Waals surface area contributed by atoms with Gasteiger partial charge in [-0.15, -0.1) is 0 Å². The van der Waals surface area contributed by atoms with Crippen LogP contribution in [0.25, 0.3) is 5.57 Å². The molecule has 0 bridgehead atoms. The van der Waals surface area contributed by atoms with E-state index in [1.165, 1.54) is 0 Å². The summed E-state index contributed by atoms with van der Waals surface area (Å²) >= 11 is 0. The Morgan fingerprint density at radius 3 is 2.62 bits per heavy atom. The SMILES string of the molecule is C=C(C)c1cc(C(C)C)nc(COCC)n1. The fraction of sp³-hybridized carbons (Fsp3) is 0.538. The number of hydrogen-bond donors (Lipinski definition) is 0. The Hall–Kier alpha value is -1.22. The van der Waals surface area contributed by atoms with Crippen molar-refractivity contribution in [2.45, 2.75) is 40.2 Å². The largest absolute Gasteiger partial charge is 0.374 e. The van der Waals surface area contributed by atoms with Gasteiger partial charge in [-0.3, -0.25) is 0 Å². The first-order valence-corrected chi connectivity index (χ1v) is 5.66. The number of ether oxygens (including phenoxy) is 1. The Bertz CT molecular complexity index is 372. The quantitative estimate of drug-likeness (QED) is 0.764. The average Bonchev–Trinajstić information content (AvgIpc) is 2.25. The lowest BCUT2D eigenvalue weighted by atomic mass is 10.1. The molecule has 0 N–H and O–H groups in total. The van der Waals surface area contributed by atoms with Crippen LogP contribution in [-0.2, 0) is 11.3 Å². The zero-order valence-electron chi connectivity index (χ0n) is 10.6. The second kappa shape index (κ2) is 5.75. The summed E-state index contributed by atoms with van der Waals surface area (Å²) in [5, 5.41) is 0. The molecule has 0 aliphatic rings. The molecular weight excluding hydrogens is 200 g/mol. The van der Waals surface area contributed by atoms with Crippen LogP contribution in [0, 0.1) is 0 Å². The van der Waals surface area contributed by atoms with Gasteiger partial charge in [0.05, 0.1) is 5.69 Å². The van der Waals surface area contributed by atoms with Crippen LogP contribution in [0.5, 0.6) is 0 Å². The van der Waals surface area contributed by atoms with E-state index in [0.717, 1.165) is 22.8 Å². The minimum Gasteiger partial charge on any atom is -0.374 e. The van der Waals surface area contributed by atoms with E-state index in [1.807, 2.05) is 19.9 Å². The molecule has 0 spiro atoms. The average molecular weight is 220 g/mol. The first-order valence-electron chi connectivity index (χ1n) is 5.66. The topological polar surface area (TPSA) is 35.0 Å². The Labute approximate surface area is 97.6 Å². The lowest BCUT2D eigenvalue weighted by molar-refractivity contribution is 0.128. The molecule has 0 aliphatic carbocycles. The van der Waals surface area contributed by atoms with Crippen molar-refractivity contribution in [2.75, 3.05) is 6.61 Å². The minimum atomic E-state index is 0.390. The van der Waals surface area contributed by atoms with E-state index in [1.54, 1.807) is 0 Å². The molecule has 0 aliphatic heterocycles. The molecule has 88 valence electrons. The molecule has 3 heteroatoms. The smallest absolute Gasteiger partial charge is 0.154 e. The molecule has 0 saturated heterocycles. The van der Waals surface area contributed by atoms with Crippen LogP contribution in [0.15, 0.2) is 12.6 Å². The first kappa shape index (κ1) is 12.8. The second-order valence-electron chi connectivity index (χ2n) is 4.17. The molecule has 16 heavy (non-hydrogen) atoms. The maximum absolute atomic E-state index is 5.33. The third kappa shape index (κ3) is 3.42. The zero-order chi connectivity index (χ0) is 12.1. The maximum atomic E-state index is 5.33. The summed E-state index contributed by atoms with van der Waals surface area (Å²) < 4.78 is 5.33. The predicted molar refractivity (Wildman–Crippen MR) is 66.2 cm³/mol. The van der Waals surface area contributed by atoms with Crippen LogP contribution >= 0.6 is 0 Å². The molecule has 1 aromatic rings. The van der Waals surface area contributed by atoms with Crippen molar-refractivity contribution < 1.29 is 4.74 Å². The van der Waals surface area contributed by atoms with Gasteiger partial charge in [0.2, 0.25) is 0 Å². The summed E-state index contributed by atoms with van der Waals surface area (Å²) in [4.78, 5) is 8.89. The third-order valence-corrected chi connectivity index (χ3v) is 2.26. The maximum Gasteiger partial charge on any atom is 0.154 e. The van der Waals surface area contributed by atoms with Gasteiger partial charge in [0.15, 0.2) is 5.82 Å². The molecule has 3 nitrogen and oxygen atoms in total. The van der Waals surface area contributed by atoms with Gasteiger partial charge in [-0.25, -0.2) is 9.97 Å². The fourth-order valence-electron chi connectivity index (χ4n) is 1.29. The highest BCUT2D eigenvalue weighted by Crippen LogP contribution is 2.17. The highest BCUT2D eigenvalue weighted by molar-refractivity contribution is 5.57. The van der Waals surface area contributed by atoms with E-state index in [-0.39, 0.29) is 0 Å². The van der Waals surface area contributed by atoms with Crippen LogP contribution in [0.3, 0.4) is 0 Å². The monoisotopic (exact) mass is 220 g/mol. The number of hydrogen-bond acceptors (Lipinski definition) is 3. The van der Waals surface area contributed by atoms with Crippen molar-refractivity contribution in [1.29, 1.82) is 0 Å². The molecule has 0 fully saturated rings. The zero-order valence-corrected chi connectivity index (χ0v) is 10.6. The molecule has 1 heterocycles. The molecular formula is C13H20N2O. The molecule has 0 unspecified atom stereocenters. The number of nitrogens with zero attached hydrogens (tertiary/aromatic N) is 2. The van der Waals surface area contributed by atoms with E-state index in [4.69, 9.17) is 4.74 Å². The van der Waals surface area contributed by atoms with Gasteiger partial charge in [-0.05, 0) is 31.4 Å². The fourth-order valence-corrected chi connectivity index (χ4v) is 1.29. The van der Waals surface area contributed by atoms with Gasteiger partial charge >= 0.3 is 0 Å². The molecule has 1 aromatic heterocycles. The van der Waals surface area contributed by atoms with E-state index in [9.17, 15) is 0 Å². The molecule has 0 saturated carbocycles. The van der Waals surface area contributed by atoms with Crippen LogP contribution in [0.4, 0.5) is 0 Å². The van der Waals surface area contributed by atoms with Gasteiger partial charge in [0.25, 0.3) is 0 Å². The Morgan fingerprint density at radius 1 is 1.44 bits per heavy atom. The summed E-state index contributed by atoms with van der Waals surface area (Å²) in [6, 6.07) is 2.00. The number of aromatic nitrogens is 2. The first-order chi connectivity index (χ1) is 7.54. The highest BCUT2D eigenvalue weighted by Gasteiger charge is 2.08. The van der Waals surface area contributed by atoms with Gasteiger partial charge in [-0.2, -0.15) is 0 Å². The van der Waals surface area contributed by atoms with Gasteiger partial charge in [0.1, 0.15) is 6.61 Å². The van der Waals surface area contributed by atoms with E-state index in [0.29, 0.717) is 19.1 Å². The summed E-state index contributed by atoms with van der Waals surface area (Å²) in [7, 11) is 0. The van der Waals surface area contributed by atoms with E-state index < -0.39 is 0 Å².